The summed E-state index contributed by atoms with van der Waals surface area (Å²) in [6, 6.07) is 7.90. The Morgan fingerprint density at radius 3 is 2.68 bits per heavy atom. The molecule has 0 amide bonds. The van der Waals surface area contributed by atoms with Crippen LogP contribution in [0.1, 0.15) is 15.9 Å². The SMILES string of the molecule is COC(=O)c1c2ccccc(O)c-2c(C#N)c1[N+]#N. The first kappa shape index (κ1) is 12.3. The van der Waals surface area contributed by atoms with Gasteiger partial charge in [-0.1, -0.05) is 18.2 Å². The molecule has 2 aliphatic carbocycles. The molecule has 6 heteroatoms. The van der Waals surface area contributed by atoms with Crippen molar-refractivity contribution >= 4 is 11.7 Å². The van der Waals surface area contributed by atoms with E-state index >= 15 is 0 Å². The maximum atomic E-state index is 11.8. The van der Waals surface area contributed by atoms with Gasteiger partial charge in [0, 0.05) is 5.56 Å². The van der Waals surface area contributed by atoms with Gasteiger partial charge in [0.1, 0.15) is 11.8 Å². The van der Waals surface area contributed by atoms with Crippen molar-refractivity contribution in [2.75, 3.05) is 7.11 Å². The topological polar surface area (TPSA) is 98.5 Å². The second kappa shape index (κ2) is 4.63. The molecule has 0 aromatic heterocycles. The number of aromatic hydroxyl groups is 1. The van der Waals surface area contributed by atoms with E-state index in [1.165, 1.54) is 19.2 Å². The van der Waals surface area contributed by atoms with Gasteiger partial charge in [0.15, 0.2) is 16.1 Å². The van der Waals surface area contributed by atoms with Gasteiger partial charge < -0.3 is 9.84 Å². The van der Waals surface area contributed by atoms with Crippen LogP contribution < -0.4 is 0 Å². The molecule has 0 saturated heterocycles. The molecule has 2 rings (SSSR count). The number of esters is 1. The summed E-state index contributed by atoms with van der Waals surface area (Å²) in [6.07, 6.45) is 0. The van der Waals surface area contributed by atoms with Crippen LogP contribution in [-0.4, -0.2) is 18.2 Å². The third-order valence-corrected chi connectivity index (χ3v) is 2.75. The van der Waals surface area contributed by atoms with Crippen molar-refractivity contribution in [3.05, 3.63) is 40.4 Å². The summed E-state index contributed by atoms with van der Waals surface area (Å²) in [5, 5.41) is 28.1. The standard InChI is InChI=1S/C13H7N3O3/c1-19-13(18)11-7-4-2-3-5-9(17)10(7)8(6-14)12(11)16-15/h2-5H,1H3/p+1. The molecule has 0 radical (unpaired) electrons. The van der Waals surface area contributed by atoms with Crippen LogP contribution in [0.25, 0.3) is 16.1 Å². The number of carbonyl (C=O) groups is 1. The first-order valence-electron chi connectivity index (χ1n) is 5.26. The van der Waals surface area contributed by atoms with Gasteiger partial charge in [0.2, 0.25) is 5.39 Å². The number of rotatable bonds is 1. The summed E-state index contributed by atoms with van der Waals surface area (Å²) in [5.74, 6) is -0.929. The summed E-state index contributed by atoms with van der Waals surface area (Å²) in [6.45, 7) is 0. The van der Waals surface area contributed by atoms with Crippen molar-refractivity contribution in [3.8, 4) is 22.9 Å². The van der Waals surface area contributed by atoms with Gasteiger partial charge in [-0.05, 0) is 6.07 Å². The van der Waals surface area contributed by atoms with Crippen LogP contribution in [0.2, 0.25) is 0 Å². The third-order valence-electron chi connectivity index (χ3n) is 2.75. The number of nitrogens with zero attached hydrogens (tertiary/aromatic N) is 3. The van der Waals surface area contributed by atoms with E-state index in [2.05, 4.69) is 9.71 Å². The lowest BCUT2D eigenvalue weighted by Gasteiger charge is -1.98. The second-order valence-electron chi connectivity index (χ2n) is 3.69. The quantitative estimate of drug-likeness (QED) is 0.623. The molecule has 0 saturated carbocycles. The minimum Gasteiger partial charge on any atom is -0.507 e. The van der Waals surface area contributed by atoms with Crippen LogP contribution in [0.5, 0.6) is 5.75 Å². The summed E-state index contributed by atoms with van der Waals surface area (Å²) >= 11 is 0. The highest BCUT2D eigenvalue weighted by molar-refractivity contribution is 6.09. The van der Waals surface area contributed by atoms with Crippen LogP contribution in [-0.2, 0) is 4.74 Å². The molecule has 0 spiro atoms. The molecule has 19 heavy (non-hydrogen) atoms. The lowest BCUT2D eigenvalue weighted by molar-refractivity contribution is 0.0603. The van der Waals surface area contributed by atoms with Crippen LogP contribution >= 0.6 is 0 Å². The number of ether oxygens (including phenoxy) is 1. The fraction of sp³-hybridized carbons (Fsp3) is 0.0769. The van der Waals surface area contributed by atoms with Crippen molar-refractivity contribution in [2.24, 2.45) is 0 Å². The van der Waals surface area contributed by atoms with Gasteiger partial charge in [-0.15, -0.1) is 0 Å². The Morgan fingerprint density at radius 2 is 2.11 bits per heavy atom. The third kappa shape index (κ3) is 1.72. The number of hydrogen-bond acceptors (Lipinski definition) is 5. The molecule has 0 aliphatic heterocycles. The predicted molar refractivity (Wildman–Crippen MR) is 65.5 cm³/mol. The van der Waals surface area contributed by atoms with Crippen molar-refractivity contribution in [1.82, 2.24) is 0 Å². The normalized spacial score (nSPS) is 9.63. The van der Waals surface area contributed by atoms with E-state index in [0.717, 1.165) is 0 Å². The van der Waals surface area contributed by atoms with E-state index < -0.39 is 5.97 Å². The molecule has 0 atom stereocenters. The number of nitriles is 1. The fourth-order valence-corrected chi connectivity index (χ4v) is 1.96. The summed E-state index contributed by atoms with van der Waals surface area (Å²) in [5.41, 5.74) is 0.111. The smallest absolute Gasteiger partial charge is 0.418 e. The maximum Gasteiger partial charge on any atom is 0.418 e. The van der Waals surface area contributed by atoms with E-state index in [9.17, 15) is 9.90 Å². The van der Waals surface area contributed by atoms with Gasteiger partial charge in [-0.25, -0.2) is 4.79 Å². The molecule has 1 N–H and O–H groups in total. The van der Waals surface area contributed by atoms with Crippen LogP contribution in [0.4, 0.5) is 5.69 Å². The lowest BCUT2D eigenvalue weighted by Crippen LogP contribution is -2.00. The largest absolute Gasteiger partial charge is 0.507 e. The predicted octanol–water partition coefficient (Wildman–Crippen LogP) is 2.64. The van der Waals surface area contributed by atoms with Gasteiger partial charge in [-0.3, -0.25) is 0 Å². The van der Waals surface area contributed by atoms with Crippen molar-refractivity contribution in [3.63, 3.8) is 0 Å². The summed E-state index contributed by atoms with van der Waals surface area (Å²) in [4.78, 5) is 14.7. The monoisotopic (exact) mass is 254 g/mol. The molecular weight excluding hydrogens is 246 g/mol. The van der Waals surface area contributed by atoms with Gasteiger partial charge >= 0.3 is 11.7 Å². The first-order valence-corrected chi connectivity index (χ1v) is 5.26. The Kier molecular flexibility index (Phi) is 3.01. The highest BCUT2D eigenvalue weighted by atomic mass is 16.5. The number of fused-ring (bicyclic) bond motifs is 1. The molecule has 6 nitrogen and oxygen atoms in total. The van der Waals surface area contributed by atoms with E-state index in [-0.39, 0.29) is 28.1 Å². The highest BCUT2D eigenvalue weighted by Gasteiger charge is 2.38. The minimum absolute atomic E-state index is 0.0527. The molecular formula is C13H8N3O3+. The highest BCUT2D eigenvalue weighted by Crippen LogP contribution is 2.45. The zero-order valence-corrected chi connectivity index (χ0v) is 9.91. The van der Waals surface area contributed by atoms with Crippen molar-refractivity contribution in [1.29, 1.82) is 10.7 Å². The Hall–Kier alpha value is -3.12. The molecule has 0 fully saturated rings. The van der Waals surface area contributed by atoms with Crippen LogP contribution in [0.3, 0.4) is 0 Å². The van der Waals surface area contributed by atoms with Gasteiger partial charge in [0.25, 0.3) is 0 Å². The van der Waals surface area contributed by atoms with Crippen LogP contribution in [0.15, 0.2) is 24.3 Å². The lowest BCUT2D eigenvalue weighted by atomic mass is 10.1. The minimum atomic E-state index is -0.745. The Bertz CT molecular complexity index is 725. The van der Waals surface area contributed by atoms with Gasteiger partial charge in [0.05, 0.1) is 12.7 Å². The summed E-state index contributed by atoms with van der Waals surface area (Å²) < 4.78 is 4.61. The Morgan fingerprint density at radius 1 is 1.42 bits per heavy atom. The number of methoxy groups -OCH3 is 1. The average Bonchev–Trinajstić information content (AvgIpc) is 2.63. The van der Waals surface area contributed by atoms with E-state index in [4.69, 9.17) is 10.7 Å². The number of diazo groups is 1. The zero-order chi connectivity index (χ0) is 14.0. The molecule has 2 aliphatic rings. The van der Waals surface area contributed by atoms with Crippen molar-refractivity contribution < 1.29 is 14.6 Å². The zero-order valence-electron chi connectivity index (χ0n) is 9.91. The Labute approximate surface area is 108 Å². The molecule has 0 aromatic carbocycles. The first-order chi connectivity index (χ1) is 9.15. The number of carbonyl (C=O) groups excluding carboxylic acids is 1. The number of hydrogen-bond donors (Lipinski definition) is 1. The molecule has 0 unspecified atom stereocenters. The van der Waals surface area contributed by atoms with E-state index in [1.54, 1.807) is 12.1 Å². The molecule has 92 valence electrons. The summed E-state index contributed by atoms with van der Waals surface area (Å²) in [7, 11) is 1.18. The van der Waals surface area contributed by atoms with E-state index in [0.29, 0.717) is 5.56 Å². The average molecular weight is 254 g/mol. The van der Waals surface area contributed by atoms with Gasteiger partial charge in [-0.2, -0.15) is 5.26 Å². The van der Waals surface area contributed by atoms with Crippen molar-refractivity contribution in [2.45, 2.75) is 0 Å². The maximum absolute atomic E-state index is 11.8. The second-order valence-corrected chi connectivity index (χ2v) is 3.69. The Balaban J connectivity index is 3.00. The van der Waals surface area contributed by atoms with Crippen LogP contribution in [0, 0.1) is 16.7 Å². The van der Waals surface area contributed by atoms with E-state index in [1.807, 2.05) is 6.07 Å². The molecule has 0 heterocycles. The molecule has 0 aromatic rings. The molecule has 0 bridgehead atoms. The fourth-order valence-electron chi connectivity index (χ4n) is 1.96.